The summed E-state index contributed by atoms with van der Waals surface area (Å²) in [6, 6.07) is 3.81. The number of carbonyl (C=O) groups is 1. The number of likely N-dealkylation sites (tertiary alicyclic amines) is 1. The number of rotatable bonds is 4. The predicted octanol–water partition coefficient (Wildman–Crippen LogP) is 3.27. The summed E-state index contributed by atoms with van der Waals surface area (Å²) in [7, 11) is 0. The van der Waals surface area contributed by atoms with Crippen molar-refractivity contribution in [3.05, 3.63) is 30.0 Å². The molecule has 1 aromatic carbocycles. The fourth-order valence-electron chi connectivity index (χ4n) is 2.93. The molecule has 7 heteroatoms. The second-order valence-corrected chi connectivity index (χ2v) is 5.54. The minimum absolute atomic E-state index is 0.0205. The maximum absolute atomic E-state index is 12.8. The van der Waals surface area contributed by atoms with Crippen LogP contribution in [0.2, 0.25) is 0 Å². The predicted molar refractivity (Wildman–Crippen MR) is 79.3 cm³/mol. The summed E-state index contributed by atoms with van der Waals surface area (Å²) in [5, 5.41) is 0.756. The molecule has 1 amide bonds. The number of halogens is 3. The van der Waals surface area contributed by atoms with Crippen molar-refractivity contribution in [3.8, 4) is 5.75 Å². The number of fused-ring (bicyclic) bond motifs is 1. The van der Waals surface area contributed by atoms with Gasteiger partial charge >= 0.3 is 6.18 Å². The fraction of sp³-hybridized carbons (Fsp3) is 0.438. The second kappa shape index (κ2) is 5.79. The number of ether oxygens (including phenoxy) is 1. The van der Waals surface area contributed by atoms with Gasteiger partial charge in [-0.2, -0.15) is 13.2 Å². The van der Waals surface area contributed by atoms with Gasteiger partial charge in [0.2, 0.25) is 5.91 Å². The largest absolute Gasteiger partial charge is 0.493 e. The normalized spacial score (nSPS) is 18.1. The van der Waals surface area contributed by atoms with E-state index in [-0.39, 0.29) is 19.4 Å². The first-order valence-electron chi connectivity index (χ1n) is 7.49. The van der Waals surface area contributed by atoms with Crippen molar-refractivity contribution >= 4 is 16.8 Å². The van der Waals surface area contributed by atoms with Crippen LogP contribution in [0.15, 0.2) is 24.4 Å². The molecule has 2 aromatic rings. The lowest BCUT2D eigenvalue weighted by atomic mass is 10.0. The van der Waals surface area contributed by atoms with Gasteiger partial charge in [0.25, 0.3) is 0 Å². The van der Waals surface area contributed by atoms with E-state index in [9.17, 15) is 18.0 Å². The van der Waals surface area contributed by atoms with E-state index >= 15 is 0 Å². The van der Waals surface area contributed by atoms with Gasteiger partial charge in [-0.25, -0.2) is 0 Å². The van der Waals surface area contributed by atoms with Crippen LogP contribution in [0, 0.1) is 0 Å². The topological polar surface area (TPSA) is 45.3 Å². The van der Waals surface area contributed by atoms with Gasteiger partial charge in [-0.1, -0.05) is 6.07 Å². The van der Waals surface area contributed by atoms with E-state index in [1.165, 1.54) is 0 Å². The summed E-state index contributed by atoms with van der Waals surface area (Å²) in [6.45, 7) is 2.48. The minimum Gasteiger partial charge on any atom is -0.493 e. The van der Waals surface area contributed by atoms with Crippen molar-refractivity contribution in [1.29, 1.82) is 0 Å². The molecule has 1 saturated heterocycles. The average molecular weight is 326 g/mol. The van der Waals surface area contributed by atoms with Gasteiger partial charge < -0.3 is 14.6 Å². The highest BCUT2D eigenvalue weighted by atomic mass is 19.4. The number of aromatic amines is 1. The number of benzene rings is 1. The van der Waals surface area contributed by atoms with E-state index in [2.05, 4.69) is 4.98 Å². The summed E-state index contributed by atoms with van der Waals surface area (Å²) in [5.74, 6) is 0.121. The molecule has 0 aliphatic carbocycles. The number of hydrogen-bond donors (Lipinski definition) is 1. The van der Waals surface area contributed by atoms with Crippen LogP contribution in [0.25, 0.3) is 10.9 Å². The molecule has 0 unspecified atom stereocenters. The third-order valence-electron chi connectivity index (χ3n) is 4.11. The van der Waals surface area contributed by atoms with Gasteiger partial charge in [-0.3, -0.25) is 4.79 Å². The third kappa shape index (κ3) is 2.87. The summed E-state index contributed by atoms with van der Waals surface area (Å²) in [6.07, 6.45) is -2.79. The van der Waals surface area contributed by atoms with Crippen LogP contribution in [0.3, 0.4) is 0 Å². The Morgan fingerprint density at radius 3 is 2.83 bits per heavy atom. The first-order chi connectivity index (χ1) is 10.9. The monoisotopic (exact) mass is 326 g/mol. The number of alkyl halides is 3. The van der Waals surface area contributed by atoms with Crippen molar-refractivity contribution in [2.24, 2.45) is 0 Å². The van der Waals surface area contributed by atoms with E-state index in [0.717, 1.165) is 15.8 Å². The summed E-state index contributed by atoms with van der Waals surface area (Å²) in [4.78, 5) is 16.2. The number of nitrogens with one attached hydrogen (secondary N) is 1. The zero-order valence-corrected chi connectivity index (χ0v) is 12.6. The molecule has 1 aliphatic heterocycles. The van der Waals surface area contributed by atoms with Crippen LogP contribution < -0.4 is 4.74 Å². The Hall–Kier alpha value is -2.18. The van der Waals surface area contributed by atoms with Crippen LogP contribution in [-0.4, -0.2) is 41.2 Å². The molecule has 1 aliphatic rings. The molecule has 0 spiro atoms. The lowest BCUT2D eigenvalue weighted by Crippen LogP contribution is -2.58. The van der Waals surface area contributed by atoms with Crippen LogP contribution in [0.5, 0.6) is 5.75 Å². The van der Waals surface area contributed by atoms with Gasteiger partial charge in [0.05, 0.1) is 13.0 Å². The van der Waals surface area contributed by atoms with Crippen molar-refractivity contribution in [2.45, 2.75) is 32.0 Å². The molecule has 0 radical (unpaired) electrons. The summed E-state index contributed by atoms with van der Waals surface area (Å²) < 4.78 is 43.9. The standard InChI is InChI=1S/C16H17F3N2O2/c1-2-23-12-5-3-4-11-15(12)10(9-20-11)8-14(22)21-7-6-13(21)16(17,18)19/h3-5,9,13,20H,2,6-8H2,1H3/t13-/m0/s1. The van der Waals surface area contributed by atoms with Crippen molar-refractivity contribution in [2.75, 3.05) is 13.2 Å². The number of amides is 1. The van der Waals surface area contributed by atoms with Gasteiger partial charge in [0, 0.05) is 23.6 Å². The molecule has 3 rings (SSSR count). The molecular formula is C16H17F3N2O2. The Balaban J connectivity index is 1.83. The molecule has 1 atom stereocenters. The van der Waals surface area contributed by atoms with E-state index in [1.54, 1.807) is 12.3 Å². The lowest BCUT2D eigenvalue weighted by Gasteiger charge is -2.41. The molecule has 23 heavy (non-hydrogen) atoms. The zero-order valence-electron chi connectivity index (χ0n) is 12.6. The van der Waals surface area contributed by atoms with E-state index in [4.69, 9.17) is 4.74 Å². The van der Waals surface area contributed by atoms with Crippen LogP contribution in [-0.2, 0) is 11.2 Å². The summed E-state index contributed by atoms with van der Waals surface area (Å²) >= 11 is 0. The van der Waals surface area contributed by atoms with Gasteiger partial charge in [-0.15, -0.1) is 0 Å². The maximum Gasteiger partial charge on any atom is 0.408 e. The Morgan fingerprint density at radius 2 is 2.22 bits per heavy atom. The smallest absolute Gasteiger partial charge is 0.408 e. The second-order valence-electron chi connectivity index (χ2n) is 5.54. The van der Waals surface area contributed by atoms with E-state index in [1.807, 2.05) is 19.1 Å². The molecule has 1 N–H and O–H groups in total. The molecule has 0 bridgehead atoms. The summed E-state index contributed by atoms with van der Waals surface area (Å²) in [5.41, 5.74) is 1.46. The molecular weight excluding hydrogens is 309 g/mol. The third-order valence-corrected chi connectivity index (χ3v) is 4.11. The lowest BCUT2D eigenvalue weighted by molar-refractivity contribution is -0.212. The molecule has 1 aromatic heterocycles. The van der Waals surface area contributed by atoms with E-state index < -0.39 is 18.1 Å². The van der Waals surface area contributed by atoms with E-state index in [0.29, 0.717) is 17.9 Å². The minimum atomic E-state index is -4.36. The van der Waals surface area contributed by atoms with Crippen LogP contribution >= 0.6 is 0 Å². The first-order valence-corrected chi connectivity index (χ1v) is 7.49. The van der Waals surface area contributed by atoms with Crippen LogP contribution in [0.1, 0.15) is 18.9 Å². The van der Waals surface area contributed by atoms with Gasteiger partial charge in [-0.05, 0) is 31.0 Å². The number of carbonyl (C=O) groups excluding carboxylic acids is 1. The Labute approximate surface area is 131 Å². The average Bonchev–Trinajstić information content (AvgIpc) is 2.80. The number of aromatic nitrogens is 1. The van der Waals surface area contributed by atoms with Gasteiger partial charge in [0.15, 0.2) is 0 Å². The zero-order chi connectivity index (χ0) is 16.6. The molecule has 1 fully saturated rings. The molecule has 124 valence electrons. The van der Waals surface area contributed by atoms with Gasteiger partial charge in [0.1, 0.15) is 11.8 Å². The number of H-pyrrole nitrogens is 1. The fourth-order valence-corrected chi connectivity index (χ4v) is 2.93. The highest BCUT2D eigenvalue weighted by Gasteiger charge is 2.50. The van der Waals surface area contributed by atoms with Crippen molar-refractivity contribution in [1.82, 2.24) is 9.88 Å². The quantitative estimate of drug-likeness (QED) is 0.937. The first kappa shape index (κ1) is 15.7. The molecule has 2 heterocycles. The van der Waals surface area contributed by atoms with Crippen molar-refractivity contribution in [3.63, 3.8) is 0 Å². The number of nitrogens with zero attached hydrogens (tertiary/aromatic N) is 1. The number of hydrogen-bond acceptors (Lipinski definition) is 2. The highest BCUT2D eigenvalue weighted by molar-refractivity contribution is 5.93. The molecule has 0 saturated carbocycles. The van der Waals surface area contributed by atoms with Crippen LogP contribution in [0.4, 0.5) is 13.2 Å². The van der Waals surface area contributed by atoms with Crippen molar-refractivity contribution < 1.29 is 22.7 Å². The maximum atomic E-state index is 12.8. The Kier molecular flexibility index (Phi) is 3.95. The SMILES string of the molecule is CCOc1cccc2[nH]cc(CC(=O)N3CC[C@H]3C(F)(F)F)c12. The highest BCUT2D eigenvalue weighted by Crippen LogP contribution is 2.35. The Morgan fingerprint density at radius 1 is 1.43 bits per heavy atom. The Bertz CT molecular complexity index is 724. The molecule has 4 nitrogen and oxygen atoms in total.